The summed E-state index contributed by atoms with van der Waals surface area (Å²) in [6, 6.07) is 8.77. The lowest BCUT2D eigenvalue weighted by Gasteiger charge is -2.12. The molecule has 1 aromatic carbocycles. The highest BCUT2D eigenvalue weighted by Crippen LogP contribution is 2.26. The van der Waals surface area contributed by atoms with Crippen molar-refractivity contribution in [2.75, 3.05) is 13.1 Å². The average Bonchev–Trinajstić information content (AvgIpc) is 2.77. The third-order valence-electron chi connectivity index (χ3n) is 2.32. The van der Waals surface area contributed by atoms with Crippen LogP contribution in [-0.4, -0.2) is 17.4 Å². The minimum Gasteiger partial charge on any atom is -0.246 e. The molecule has 2 rings (SSSR count). The highest BCUT2D eigenvalue weighted by atomic mass is 32.2. The zero-order chi connectivity index (χ0) is 11.1. The van der Waals surface area contributed by atoms with E-state index in [2.05, 4.69) is 35.5 Å². The van der Waals surface area contributed by atoms with Crippen molar-refractivity contribution in [1.29, 1.82) is 0 Å². The molecule has 0 unspecified atom stereocenters. The van der Waals surface area contributed by atoms with Gasteiger partial charge in [0.05, 0.1) is 0 Å². The second kappa shape index (κ2) is 6.91. The van der Waals surface area contributed by atoms with Gasteiger partial charge in [-0.1, -0.05) is 31.5 Å². The lowest BCUT2D eigenvalue weighted by Crippen LogP contribution is -2.08. The molecule has 0 radical (unpaired) electrons. The molecule has 2 heteroatoms. The van der Waals surface area contributed by atoms with Gasteiger partial charge in [0.25, 0.3) is 0 Å². The van der Waals surface area contributed by atoms with Gasteiger partial charge in [-0.2, -0.15) is 0 Å². The smallest absolute Gasteiger partial charge is 0.0230 e. The Morgan fingerprint density at radius 3 is 2.07 bits per heavy atom. The van der Waals surface area contributed by atoms with Crippen molar-refractivity contribution in [3.63, 3.8) is 0 Å². The quantitative estimate of drug-likeness (QED) is 0.694. The SMILES string of the molecule is CC.Cc1ccc(SN2CCCC2)cc1. The van der Waals surface area contributed by atoms with E-state index < -0.39 is 0 Å². The molecule has 0 atom stereocenters. The molecule has 0 spiro atoms. The molecular formula is C13H21NS. The summed E-state index contributed by atoms with van der Waals surface area (Å²) in [5, 5.41) is 0. The van der Waals surface area contributed by atoms with Gasteiger partial charge < -0.3 is 0 Å². The average molecular weight is 223 g/mol. The van der Waals surface area contributed by atoms with E-state index in [1.807, 2.05) is 25.8 Å². The molecule has 1 nitrogen and oxygen atoms in total. The Labute approximate surface area is 98.0 Å². The topological polar surface area (TPSA) is 3.24 Å². The summed E-state index contributed by atoms with van der Waals surface area (Å²) in [6.45, 7) is 8.63. The van der Waals surface area contributed by atoms with Crippen LogP contribution in [0.25, 0.3) is 0 Å². The monoisotopic (exact) mass is 223 g/mol. The first-order valence-corrected chi connectivity index (χ1v) is 6.61. The Balaban J connectivity index is 0.000000531. The lowest BCUT2D eigenvalue weighted by atomic mass is 10.2. The Bertz CT molecular complexity index is 262. The number of hydrogen-bond donors (Lipinski definition) is 0. The Morgan fingerprint density at radius 2 is 1.53 bits per heavy atom. The van der Waals surface area contributed by atoms with E-state index in [1.165, 1.54) is 36.4 Å². The van der Waals surface area contributed by atoms with Crippen LogP contribution in [0.5, 0.6) is 0 Å². The molecule has 84 valence electrons. The van der Waals surface area contributed by atoms with Gasteiger partial charge in [-0.15, -0.1) is 0 Å². The molecular weight excluding hydrogens is 202 g/mol. The summed E-state index contributed by atoms with van der Waals surface area (Å²) in [4.78, 5) is 1.37. The lowest BCUT2D eigenvalue weighted by molar-refractivity contribution is 0.586. The van der Waals surface area contributed by atoms with Crippen LogP contribution in [-0.2, 0) is 0 Å². The minimum atomic E-state index is 1.25. The summed E-state index contributed by atoms with van der Waals surface area (Å²) >= 11 is 1.89. The Morgan fingerprint density at radius 1 is 1.00 bits per heavy atom. The van der Waals surface area contributed by atoms with Crippen LogP contribution in [0, 0.1) is 6.92 Å². The molecule has 1 aliphatic rings. The van der Waals surface area contributed by atoms with Crippen LogP contribution >= 0.6 is 11.9 Å². The molecule has 0 aliphatic carbocycles. The maximum atomic E-state index is 2.45. The zero-order valence-electron chi connectivity index (χ0n) is 9.99. The Kier molecular flexibility index (Phi) is 5.81. The zero-order valence-corrected chi connectivity index (χ0v) is 10.8. The first-order chi connectivity index (χ1) is 7.34. The van der Waals surface area contributed by atoms with Crippen molar-refractivity contribution >= 4 is 11.9 Å². The molecule has 0 amide bonds. The van der Waals surface area contributed by atoms with Crippen molar-refractivity contribution < 1.29 is 0 Å². The molecule has 0 bridgehead atoms. The van der Waals surface area contributed by atoms with Crippen molar-refractivity contribution in [2.45, 2.75) is 38.5 Å². The molecule has 1 fully saturated rings. The van der Waals surface area contributed by atoms with Gasteiger partial charge in [0.1, 0.15) is 0 Å². The van der Waals surface area contributed by atoms with Gasteiger partial charge in [-0.3, -0.25) is 0 Å². The van der Waals surface area contributed by atoms with Crippen LogP contribution in [0.1, 0.15) is 32.3 Å². The third-order valence-corrected chi connectivity index (χ3v) is 3.43. The molecule has 1 saturated heterocycles. The maximum absolute atomic E-state index is 2.45. The molecule has 0 N–H and O–H groups in total. The van der Waals surface area contributed by atoms with Crippen LogP contribution in [0.15, 0.2) is 29.2 Å². The summed E-state index contributed by atoms with van der Waals surface area (Å²) in [5.41, 5.74) is 1.34. The van der Waals surface area contributed by atoms with Crippen LogP contribution in [0.3, 0.4) is 0 Å². The number of aryl methyl sites for hydroxylation is 1. The number of nitrogens with zero attached hydrogens (tertiary/aromatic N) is 1. The first kappa shape index (κ1) is 12.6. The fraction of sp³-hybridized carbons (Fsp3) is 0.538. The van der Waals surface area contributed by atoms with Crippen molar-refractivity contribution in [1.82, 2.24) is 4.31 Å². The summed E-state index contributed by atoms with van der Waals surface area (Å²) in [6.07, 6.45) is 2.72. The van der Waals surface area contributed by atoms with Gasteiger partial charge in [0.2, 0.25) is 0 Å². The highest BCUT2D eigenvalue weighted by Gasteiger charge is 2.12. The van der Waals surface area contributed by atoms with E-state index >= 15 is 0 Å². The van der Waals surface area contributed by atoms with Crippen LogP contribution < -0.4 is 0 Å². The number of rotatable bonds is 2. The molecule has 1 aliphatic heterocycles. The van der Waals surface area contributed by atoms with Crippen molar-refractivity contribution in [2.24, 2.45) is 0 Å². The summed E-state index contributed by atoms with van der Waals surface area (Å²) in [7, 11) is 0. The van der Waals surface area contributed by atoms with Crippen LogP contribution in [0.4, 0.5) is 0 Å². The van der Waals surface area contributed by atoms with E-state index in [0.717, 1.165) is 0 Å². The van der Waals surface area contributed by atoms with Gasteiger partial charge in [0, 0.05) is 18.0 Å². The van der Waals surface area contributed by atoms with E-state index in [-0.39, 0.29) is 0 Å². The molecule has 0 aromatic heterocycles. The van der Waals surface area contributed by atoms with Gasteiger partial charge in [-0.05, 0) is 43.8 Å². The number of hydrogen-bond acceptors (Lipinski definition) is 2. The fourth-order valence-electron chi connectivity index (χ4n) is 1.53. The molecule has 0 saturated carbocycles. The standard InChI is InChI=1S/C11H15NS.C2H6/c1-10-4-6-11(7-5-10)13-12-8-2-3-9-12;1-2/h4-7H,2-3,8-9H2,1H3;1-2H3. The van der Waals surface area contributed by atoms with Gasteiger partial charge in [0.15, 0.2) is 0 Å². The van der Waals surface area contributed by atoms with Crippen molar-refractivity contribution in [3.05, 3.63) is 29.8 Å². The normalized spacial score (nSPS) is 15.9. The maximum Gasteiger partial charge on any atom is 0.0230 e. The van der Waals surface area contributed by atoms with E-state index in [9.17, 15) is 0 Å². The van der Waals surface area contributed by atoms with E-state index in [0.29, 0.717) is 0 Å². The van der Waals surface area contributed by atoms with E-state index in [4.69, 9.17) is 0 Å². The Hall–Kier alpha value is -0.470. The van der Waals surface area contributed by atoms with Gasteiger partial charge in [-0.25, -0.2) is 4.31 Å². The predicted octanol–water partition coefficient (Wildman–Crippen LogP) is 4.12. The largest absolute Gasteiger partial charge is 0.246 e. The van der Waals surface area contributed by atoms with Crippen molar-refractivity contribution in [3.8, 4) is 0 Å². The second-order valence-corrected chi connectivity index (χ2v) is 4.71. The summed E-state index contributed by atoms with van der Waals surface area (Å²) < 4.78 is 2.45. The summed E-state index contributed by atoms with van der Waals surface area (Å²) in [5.74, 6) is 0. The first-order valence-electron chi connectivity index (χ1n) is 5.84. The van der Waals surface area contributed by atoms with Crippen LogP contribution in [0.2, 0.25) is 0 Å². The molecule has 15 heavy (non-hydrogen) atoms. The minimum absolute atomic E-state index is 1.25. The second-order valence-electron chi connectivity index (χ2n) is 3.54. The van der Waals surface area contributed by atoms with E-state index in [1.54, 1.807) is 0 Å². The van der Waals surface area contributed by atoms with Gasteiger partial charge >= 0.3 is 0 Å². The fourth-order valence-corrected chi connectivity index (χ4v) is 2.52. The predicted molar refractivity (Wildman–Crippen MR) is 69.2 cm³/mol. The highest BCUT2D eigenvalue weighted by molar-refractivity contribution is 7.97. The third kappa shape index (κ3) is 4.27. The molecule has 1 heterocycles. The number of benzene rings is 1. The molecule has 1 aromatic rings.